The maximum Gasteiger partial charge on any atom is 0.351 e. The highest BCUT2D eigenvalue weighted by Gasteiger charge is 2.52. The van der Waals surface area contributed by atoms with Crippen LogP contribution in [0.5, 0.6) is 0 Å². The number of imidazole rings is 3. The summed E-state index contributed by atoms with van der Waals surface area (Å²) in [5.41, 5.74) is 20.5. The summed E-state index contributed by atoms with van der Waals surface area (Å²) in [5.74, 6) is 0.128. The Hall–Kier alpha value is -6.80. The molecule has 0 aromatic carbocycles. The highest BCUT2D eigenvalue weighted by molar-refractivity contribution is 8.09. The van der Waals surface area contributed by atoms with Crippen molar-refractivity contribution >= 4 is 186 Å². The highest BCUT2D eigenvalue weighted by Crippen LogP contribution is 2.59. The normalized spacial score (nSPS) is 29.6. The molecule has 790 valence electrons. The van der Waals surface area contributed by atoms with E-state index in [1.54, 1.807) is 11.5 Å². The van der Waals surface area contributed by atoms with Crippen LogP contribution in [0.1, 0.15) is 124 Å². The van der Waals surface area contributed by atoms with Gasteiger partial charge in [0.2, 0.25) is 0 Å². The number of anilines is 4. The maximum absolute atomic E-state index is 13.6. The van der Waals surface area contributed by atoms with Gasteiger partial charge in [-0.15, -0.1) is 0 Å². The average molecular weight is 2300 g/mol. The molecule has 145 heavy (non-hydrogen) atoms. The number of rotatable bonds is 41. The van der Waals surface area contributed by atoms with Crippen molar-refractivity contribution in [3.05, 3.63) is 158 Å². The summed E-state index contributed by atoms with van der Waals surface area (Å²) in [6.07, 6.45) is -14.5. The molecule has 28 atom stereocenters. The molecule has 0 spiro atoms. The standard InChI is InChI=1S/C72H95N24O35P7S7/c1-7-35-36(8-53(118-35)94-28-83-56-60(74)77-25-80-63(56)94)126-133(105,140)112-23-47-41(13-54(123-47)95-29-84-57-61(75)78-26-81-64(57)95)130-137(109,144)115-22-46-39(11-51(122-46)92-17-33(4)67(98)88-71(92)102)128-135(107,142)114-20-44-40(12-52(120-44)93-18-34(5)68(99)89-72(93)103)129-136(108,143)117-24-48-42(14-55(124-48)96-30-85-58-62(76)79-27-82-65(58)96)131-138(110,145)116-21-45-38(10-50(121-45)91-16-32(3)66(97)87-70(91)101)127-134(106,141)113-19-43-37(125-132(104,139)111-6)9-49(119-43)90-15-31(2)59(73)86-69(90)100/h15-18,25-30,35-55H,7-14,19-24H2,1-6H3,(H,104,139)(H,105,140)(H,106,141)(H,107,142)(H,108,143)(H,109,144)(H,110,145)(H2,73,86,100)(H2,74,77,80)(H2,75,78,81)(H2,76,79,82)(H,87,97,101)(H,88,98,102)(H,89,99,103)/t35-,36-,37-,38-,39-,40-,41-,42-,43-,44-,45-,46-,47-,48-,49-,50-,51-,52-,53-,54-,55-,132?,133?,134?,135?,136?,137?,138?/m1/s1. The fourth-order valence-electron chi connectivity index (χ4n) is 17.0. The first kappa shape index (κ1) is 109. The summed E-state index contributed by atoms with van der Waals surface area (Å²) in [6, 6.07) is 0. The first-order valence-corrected chi connectivity index (χ1v) is 61.8. The second-order valence-electron chi connectivity index (χ2n) is 33.9. The van der Waals surface area contributed by atoms with Crippen molar-refractivity contribution in [1.82, 2.24) is 96.8 Å². The molecule has 73 heteroatoms. The number of hydrogen-bond acceptors (Lipinski definition) is 49. The first-order valence-electron chi connectivity index (χ1n) is 43.6. The second kappa shape index (κ2) is 44.1. The predicted molar refractivity (Wildman–Crippen MR) is 527 cm³/mol. The number of nitrogen functional groups attached to an aromatic ring is 4. The molecule has 59 nitrogen and oxygen atoms in total. The molecule has 18 N–H and O–H groups in total. The summed E-state index contributed by atoms with van der Waals surface area (Å²) < 4.78 is 137. The van der Waals surface area contributed by atoms with Crippen molar-refractivity contribution in [1.29, 1.82) is 0 Å². The Morgan fingerprint density at radius 2 is 0.559 bits per heavy atom. The Bertz CT molecular complexity index is 7400. The number of hydrogen-bond donors (Lipinski definition) is 14. The van der Waals surface area contributed by atoms with Crippen molar-refractivity contribution in [2.45, 2.75) is 215 Å². The van der Waals surface area contributed by atoms with E-state index in [1.807, 2.05) is 6.92 Å². The monoisotopic (exact) mass is 2300 g/mol. The number of aromatic nitrogens is 20. The van der Waals surface area contributed by atoms with Crippen LogP contribution in [0.25, 0.3) is 33.5 Å². The van der Waals surface area contributed by atoms with Gasteiger partial charge in [0.25, 0.3) is 16.7 Å². The van der Waals surface area contributed by atoms with E-state index in [1.165, 1.54) is 86.3 Å². The number of aromatic amines is 3. The van der Waals surface area contributed by atoms with Crippen LogP contribution in [0.4, 0.5) is 23.3 Å². The van der Waals surface area contributed by atoms with Crippen LogP contribution in [-0.2, 0) is 179 Å². The fourth-order valence-corrected chi connectivity index (χ4v) is 26.8. The summed E-state index contributed by atoms with van der Waals surface area (Å²) in [7, 11) is 1.11. The van der Waals surface area contributed by atoms with Crippen LogP contribution in [0, 0.1) is 27.7 Å². The van der Waals surface area contributed by atoms with E-state index in [9.17, 15) is 67.8 Å². The third-order valence-electron chi connectivity index (χ3n) is 24.1. The lowest BCUT2D eigenvalue weighted by Crippen LogP contribution is -2.33. The fraction of sp³-hybridized carbons (Fsp3) is 0.569. The molecule has 7 aliphatic heterocycles. The van der Waals surface area contributed by atoms with Gasteiger partial charge < -0.3 is 154 Å². The van der Waals surface area contributed by atoms with E-state index in [0.29, 0.717) is 23.1 Å². The molecule has 10 aromatic heterocycles. The minimum Gasteiger partial charge on any atom is -0.383 e. The Morgan fingerprint density at radius 3 is 0.814 bits per heavy atom. The van der Waals surface area contributed by atoms with E-state index >= 15 is 0 Å². The molecule has 17 heterocycles. The SMILES string of the molecule is CC[C@H]1O[C@@H](n2cnc3c(N)ncnc32)C[C@H]1OP(O)(=S)OC[C@H]1O[C@@H](n2cnc3c(N)ncnc32)C[C@H]1OP(O)(=S)OC[C@H]1O[C@@H](n2cc(C)c(=O)[nH]c2=O)C[C@H]1OP(O)(=S)OC[C@H]1O[C@@H](n2cc(C)c(=O)[nH]c2=O)C[C@H]1OP(O)(=S)OC[C@H]1O[C@@H](n2cnc3c(N)ncnc32)C[C@H]1OP(O)(=S)OC[C@H]1O[C@@H](n2cc(C)c(=O)[nH]c2=O)C[C@H]1OP(O)(=S)OC[C@H]1O[C@@H](n2cc(C)c(N)nc2=O)C[C@H]1OP(O)(=S)OC. The van der Waals surface area contributed by atoms with Gasteiger partial charge in [-0.1, -0.05) is 6.92 Å². The number of aryl methyl sites for hydroxylation is 4. The van der Waals surface area contributed by atoms with E-state index in [2.05, 4.69) is 64.8 Å². The molecule has 0 radical (unpaired) electrons. The molecule has 7 aliphatic rings. The van der Waals surface area contributed by atoms with Gasteiger partial charge in [-0.05, 0) is 117 Å². The summed E-state index contributed by atoms with van der Waals surface area (Å²) >= 11 is 39.1. The Morgan fingerprint density at radius 1 is 0.331 bits per heavy atom. The van der Waals surface area contributed by atoms with Crippen molar-refractivity contribution < 1.29 is 131 Å². The topological polar surface area (TPSA) is 770 Å². The molecule has 0 aliphatic carbocycles. The van der Waals surface area contributed by atoms with Gasteiger partial charge in [0.15, 0.2) is 34.4 Å². The zero-order chi connectivity index (χ0) is 104. The van der Waals surface area contributed by atoms with Crippen molar-refractivity contribution in [2.24, 2.45) is 0 Å². The van der Waals surface area contributed by atoms with Crippen LogP contribution in [-0.4, -0.2) is 263 Å². The molecule has 7 saturated heterocycles. The number of nitrogens with two attached hydrogens (primary N) is 4. The molecule has 0 amide bonds. The predicted octanol–water partition coefficient (Wildman–Crippen LogP) is 1.36. The zero-order valence-electron chi connectivity index (χ0n) is 76.3. The van der Waals surface area contributed by atoms with E-state index in [-0.39, 0.29) is 101 Å². The van der Waals surface area contributed by atoms with Crippen molar-refractivity contribution in [3.63, 3.8) is 0 Å². The minimum absolute atomic E-state index is 0.0197. The number of fused-ring (bicyclic) bond motifs is 3. The number of nitrogens with zero attached hydrogens (tertiary/aromatic N) is 17. The third kappa shape index (κ3) is 25.4. The molecular weight excluding hydrogens is 2200 g/mol. The highest BCUT2D eigenvalue weighted by atomic mass is 32.5. The lowest BCUT2D eigenvalue weighted by molar-refractivity contribution is -0.0576. The molecule has 0 bridgehead atoms. The third-order valence-corrected chi connectivity index (χ3v) is 35.4. The van der Waals surface area contributed by atoms with Crippen molar-refractivity contribution in [3.8, 4) is 0 Å². The number of H-pyrrole nitrogens is 3. The molecule has 10 aromatic rings. The molecular formula is C72H95N24O35P7S7. The molecule has 7 unspecified atom stereocenters. The van der Waals surface area contributed by atoms with Gasteiger partial charge in [0, 0.05) is 99.1 Å². The average Bonchev–Trinajstić information content (AvgIpc) is 1.63. The lowest BCUT2D eigenvalue weighted by Gasteiger charge is -2.29. The van der Waals surface area contributed by atoms with Gasteiger partial charge in [-0.25, -0.2) is 64.0 Å². The van der Waals surface area contributed by atoms with E-state index in [4.69, 9.17) is 202 Å². The second-order valence-corrected chi connectivity index (χ2v) is 53.5. The Kier molecular flexibility index (Phi) is 33.3. The smallest absolute Gasteiger partial charge is 0.351 e. The molecule has 0 saturated carbocycles. The quantitative estimate of drug-likeness (QED) is 0.0241. The van der Waals surface area contributed by atoms with E-state index < -0.39 is 262 Å². The zero-order valence-corrected chi connectivity index (χ0v) is 88.2. The Labute approximate surface area is 851 Å². The Balaban J connectivity index is 0.579. The largest absolute Gasteiger partial charge is 0.383 e. The van der Waals surface area contributed by atoms with Crippen LogP contribution >= 0.6 is 47.0 Å². The van der Waals surface area contributed by atoms with Gasteiger partial charge >= 0.3 is 69.8 Å². The minimum atomic E-state index is -4.75. The molecule has 17 rings (SSSR count). The molecule has 7 fully saturated rings. The van der Waals surface area contributed by atoms with Gasteiger partial charge in [0.05, 0.1) is 107 Å². The van der Waals surface area contributed by atoms with Crippen LogP contribution in [0.3, 0.4) is 0 Å². The summed E-state index contributed by atoms with van der Waals surface area (Å²) in [5, 5.41) is 0. The van der Waals surface area contributed by atoms with Crippen LogP contribution in [0.15, 0.2) is 96.3 Å². The number of ether oxygens (including phenoxy) is 7. The maximum atomic E-state index is 13.6. The van der Waals surface area contributed by atoms with Gasteiger partial charge in [-0.2, -0.15) is 4.98 Å². The van der Waals surface area contributed by atoms with Crippen molar-refractivity contribution in [2.75, 3.05) is 69.7 Å². The van der Waals surface area contributed by atoms with E-state index in [0.717, 1.165) is 31.7 Å². The van der Waals surface area contributed by atoms with Crippen LogP contribution in [0.2, 0.25) is 0 Å². The number of nitrogens with one attached hydrogen (secondary N) is 3. The van der Waals surface area contributed by atoms with Gasteiger partial charge in [-0.3, -0.25) is 61.3 Å². The first-order chi connectivity index (χ1) is 68.4. The van der Waals surface area contributed by atoms with Gasteiger partial charge in [0.1, 0.15) is 122 Å². The van der Waals surface area contributed by atoms with Crippen LogP contribution < -0.4 is 62.4 Å². The lowest BCUT2D eigenvalue weighted by atomic mass is 10.1. The summed E-state index contributed by atoms with van der Waals surface area (Å²) in [4.78, 5) is 224. The summed E-state index contributed by atoms with van der Waals surface area (Å²) in [6.45, 7) is -28.2.